The van der Waals surface area contributed by atoms with Crippen molar-refractivity contribution in [3.8, 4) is 0 Å². The van der Waals surface area contributed by atoms with Crippen molar-refractivity contribution in [1.29, 1.82) is 0 Å². The SMILES string of the molecule is CCC(C)(C)NC(=O)CC(N)CC(C)(C)C. The fourth-order valence-corrected chi connectivity index (χ4v) is 1.61. The fourth-order valence-electron chi connectivity index (χ4n) is 1.61. The van der Waals surface area contributed by atoms with E-state index in [4.69, 9.17) is 5.73 Å². The maximum Gasteiger partial charge on any atom is 0.221 e. The summed E-state index contributed by atoms with van der Waals surface area (Å²) >= 11 is 0. The standard InChI is InChI=1S/C13H28N2O/c1-7-13(5,6)15-11(16)8-10(14)9-12(2,3)4/h10H,7-9,14H2,1-6H3,(H,15,16). The van der Waals surface area contributed by atoms with Gasteiger partial charge in [-0.3, -0.25) is 4.79 Å². The Morgan fingerprint density at radius 2 is 1.75 bits per heavy atom. The van der Waals surface area contributed by atoms with Crippen LogP contribution in [0.1, 0.15) is 60.8 Å². The zero-order chi connectivity index (χ0) is 13.0. The molecule has 1 unspecified atom stereocenters. The van der Waals surface area contributed by atoms with Crippen molar-refractivity contribution in [3.05, 3.63) is 0 Å². The number of rotatable bonds is 5. The highest BCUT2D eigenvalue weighted by Crippen LogP contribution is 2.21. The Kier molecular flexibility index (Phi) is 5.47. The molecule has 0 radical (unpaired) electrons. The number of nitrogens with two attached hydrogens (primary N) is 1. The molecule has 0 heterocycles. The van der Waals surface area contributed by atoms with E-state index in [2.05, 4.69) is 33.0 Å². The van der Waals surface area contributed by atoms with E-state index in [1.165, 1.54) is 0 Å². The van der Waals surface area contributed by atoms with E-state index < -0.39 is 0 Å². The minimum Gasteiger partial charge on any atom is -0.351 e. The van der Waals surface area contributed by atoms with E-state index in [1.54, 1.807) is 0 Å². The van der Waals surface area contributed by atoms with Gasteiger partial charge in [0.2, 0.25) is 5.91 Å². The average Bonchev–Trinajstić information content (AvgIpc) is 1.98. The molecule has 1 amide bonds. The van der Waals surface area contributed by atoms with E-state index in [1.807, 2.05) is 13.8 Å². The van der Waals surface area contributed by atoms with Crippen LogP contribution in [0.2, 0.25) is 0 Å². The topological polar surface area (TPSA) is 55.1 Å². The van der Waals surface area contributed by atoms with Crippen molar-refractivity contribution in [1.82, 2.24) is 5.32 Å². The minimum atomic E-state index is -0.126. The second kappa shape index (κ2) is 5.67. The van der Waals surface area contributed by atoms with Crippen LogP contribution in [0, 0.1) is 5.41 Å². The minimum absolute atomic E-state index is 0.0485. The Morgan fingerprint density at radius 1 is 1.25 bits per heavy atom. The molecule has 0 saturated carbocycles. The lowest BCUT2D eigenvalue weighted by atomic mass is 9.87. The van der Waals surface area contributed by atoms with Gasteiger partial charge in [0.05, 0.1) is 0 Å². The second-order valence-corrected chi connectivity index (χ2v) is 6.51. The zero-order valence-electron chi connectivity index (χ0n) is 11.7. The van der Waals surface area contributed by atoms with Gasteiger partial charge in [-0.15, -0.1) is 0 Å². The molecule has 0 spiro atoms. The summed E-state index contributed by atoms with van der Waals surface area (Å²) < 4.78 is 0. The van der Waals surface area contributed by atoms with Crippen LogP contribution in [0.4, 0.5) is 0 Å². The Bertz CT molecular complexity index is 229. The molecule has 0 bridgehead atoms. The summed E-state index contributed by atoms with van der Waals surface area (Å²) in [5.41, 5.74) is 6.01. The summed E-state index contributed by atoms with van der Waals surface area (Å²) in [7, 11) is 0. The molecule has 0 aromatic rings. The quantitative estimate of drug-likeness (QED) is 0.759. The molecular formula is C13H28N2O. The van der Waals surface area contributed by atoms with Gasteiger partial charge in [-0.25, -0.2) is 0 Å². The van der Waals surface area contributed by atoms with E-state index in [0.717, 1.165) is 12.8 Å². The van der Waals surface area contributed by atoms with Crippen LogP contribution < -0.4 is 11.1 Å². The van der Waals surface area contributed by atoms with Crippen LogP contribution in [-0.4, -0.2) is 17.5 Å². The van der Waals surface area contributed by atoms with Gasteiger partial charge in [-0.05, 0) is 32.1 Å². The Labute approximate surface area is 100 Å². The first kappa shape index (κ1) is 15.4. The first-order valence-electron chi connectivity index (χ1n) is 6.12. The Hall–Kier alpha value is -0.570. The molecule has 16 heavy (non-hydrogen) atoms. The Morgan fingerprint density at radius 3 is 2.12 bits per heavy atom. The van der Waals surface area contributed by atoms with Gasteiger partial charge in [0.1, 0.15) is 0 Å². The summed E-state index contributed by atoms with van der Waals surface area (Å²) in [6.45, 7) is 12.5. The molecule has 96 valence electrons. The average molecular weight is 228 g/mol. The normalized spacial score (nSPS) is 14.7. The van der Waals surface area contributed by atoms with Gasteiger partial charge < -0.3 is 11.1 Å². The predicted molar refractivity (Wildman–Crippen MR) is 69.2 cm³/mol. The van der Waals surface area contributed by atoms with Gasteiger partial charge in [0, 0.05) is 18.0 Å². The molecule has 0 fully saturated rings. The number of hydrogen-bond donors (Lipinski definition) is 2. The van der Waals surface area contributed by atoms with Crippen LogP contribution in [0.25, 0.3) is 0 Å². The van der Waals surface area contributed by atoms with Gasteiger partial charge in [0.15, 0.2) is 0 Å². The smallest absolute Gasteiger partial charge is 0.221 e. The van der Waals surface area contributed by atoms with Crippen LogP contribution in [0.3, 0.4) is 0 Å². The lowest BCUT2D eigenvalue weighted by Gasteiger charge is -2.27. The van der Waals surface area contributed by atoms with Crippen LogP contribution >= 0.6 is 0 Å². The summed E-state index contributed by atoms with van der Waals surface area (Å²) in [5.74, 6) is 0.0589. The summed E-state index contributed by atoms with van der Waals surface area (Å²) in [6.07, 6.45) is 2.21. The van der Waals surface area contributed by atoms with Crippen LogP contribution in [0.15, 0.2) is 0 Å². The fraction of sp³-hybridized carbons (Fsp3) is 0.923. The largest absolute Gasteiger partial charge is 0.351 e. The van der Waals surface area contributed by atoms with E-state index in [-0.39, 0.29) is 22.9 Å². The molecule has 0 aliphatic rings. The van der Waals surface area contributed by atoms with Crippen molar-refractivity contribution in [2.24, 2.45) is 11.1 Å². The highest BCUT2D eigenvalue weighted by molar-refractivity contribution is 5.77. The predicted octanol–water partition coefficient (Wildman–Crippen LogP) is 2.44. The maximum absolute atomic E-state index is 11.7. The number of hydrogen-bond acceptors (Lipinski definition) is 2. The summed E-state index contributed by atoms with van der Waals surface area (Å²) in [5, 5.41) is 3.00. The van der Waals surface area contributed by atoms with Gasteiger partial charge >= 0.3 is 0 Å². The lowest BCUT2D eigenvalue weighted by Crippen LogP contribution is -2.45. The number of nitrogens with one attached hydrogen (secondary N) is 1. The third-order valence-corrected chi connectivity index (χ3v) is 2.68. The number of amides is 1. The first-order chi connectivity index (χ1) is 7.06. The number of carbonyl (C=O) groups is 1. The highest BCUT2D eigenvalue weighted by atomic mass is 16.1. The first-order valence-corrected chi connectivity index (χ1v) is 6.12. The van der Waals surface area contributed by atoms with Crippen molar-refractivity contribution >= 4 is 5.91 Å². The molecule has 3 nitrogen and oxygen atoms in total. The van der Waals surface area contributed by atoms with Crippen molar-refractivity contribution in [2.75, 3.05) is 0 Å². The molecule has 0 aromatic heterocycles. The lowest BCUT2D eigenvalue weighted by molar-refractivity contribution is -0.123. The molecule has 0 rings (SSSR count). The third kappa shape index (κ3) is 7.69. The third-order valence-electron chi connectivity index (χ3n) is 2.68. The van der Waals surface area contributed by atoms with Crippen LogP contribution in [0.5, 0.6) is 0 Å². The van der Waals surface area contributed by atoms with Crippen LogP contribution in [-0.2, 0) is 4.79 Å². The van der Waals surface area contributed by atoms with E-state index in [0.29, 0.717) is 6.42 Å². The van der Waals surface area contributed by atoms with Crippen molar-refractivity contribution in [2.45, 2.75) is 72.4 Å². The van der Waals surface area contributed by atoms with Gasteiger partial charge in [-0.2, -0.15) is 0 Å². The summed E-state index contributed by atoms with van der Waals surface area (Å²) in [4.78, 5) is 11.7. The van der Waals surface area contributed by atoms with Gasteiger partial charge in [-0.1, -0.05) is 27.7 Å². The molecule has 0 aliphatic carbocycles. The summed E-state index contributed by atoms with van der Waals surface area (Å²) in [6, 6.07) is -0.0485. The molecule has 3 heteroatoms. The number of carbonyl (C=O) groups excluding carboxylic acids is 1. The second-order valence-electron chi connectivity index (χ2n) is 6.51. The molecule has 1 atom stereocenters. The molecule has 3 N–H and O–H groups in total. The monoisotopic (exact) mass is 228 g/mol. The highest BCUT2D eigenvalue weighted by Gasteiger charge is 2.21. The maximum atomic E-state index is 11.7. The molecule has 0 aromatic carbocycles. The molecular weight excluding hydrogens is 200 g/mol. The van der Waals surface area contributed by atoms with Gasteiger partial charge in [0.25, 0.3) is 0 Å². The molecule has 0 aliphatic heterocycles. The van der Waals surface area contributed by atoms with E-state index in [9.17, 15) is 4.79 Å². The van der Waals surface area contributed by atoms with Crippen molar-refractivity contribution in [3.63, 3.8) is 0 Å². The van der Waals surface area contributed by atoms with Crippen molar-refractivity contribution < 1.29 is 4.79 Å². The molecule has 0 saturated heterocycles. The van der Waals surface area contributed by atoms with E-state index >= 15 is 0 Å². The Balaban J connectivity index is 4.06. The zero-order valence-corrected chi connectivity index (χ0v) is 11.7.